The Balaban J connectivity index is 2.00. The number of nitrogens with one attached hydrogen (secondary N) is 2. The molecule has 0 spiro atoms. The van der Waals surface area contributed by atoms with Crippen LogP contribution in [0, 0.1) is 0 Å². The van der Waals surface area contributed by atoms with E-state index in [1.165, 1.54) is 25.1 Å². The van der Waals surface area contributed by atoms with Crippen LogP contribution in [0.3, 0.4) is 0 Å². The summed E-state index contributed by atoms with van der Waals surface area (Å²) in [6.45, 7) is 5.93. The van der Waals surface area contributed by atoms with Gasteiger partial charge in [0.1, 0.15) is 0 Å². The van der Waals surface area contributed by atoms with Crippen LogP contribution in [0.2, 0.25) is 0 Å². The van der Waals surface area contributed by atoms with Gasteiger partial charge in [-0.1, -0.05) is 6.92 Å². The quantitative estimate of drug-likeness (QED) is 0.649. The van der Waals surface area contributed by atoms with Crippen LogP contribution in [0.25, 0.3) is 10.9 Å². The first-order valence-electron chi connectivity index (χ1n) is 9.11. The summed E-state index contributed by atoms with van der Waals surface area (Å²) in [5, 5.41) is 6.59. The van der Waals surface area contributed by atoms with E-state index in [9.17, 15) is 9.59 Å². The molecule has 1 atom stereocenters. The van der Waals surface area contributed by atoms with Gasteiger partial charge in [0.05, 0.1) is 31.4 Å². The molecular weight excluding hydrogens is 348 g/mol. The smallest absolute Gasteiger partial charge is 0.261 e. The highest BCUT2D eigenvalue weighted by molar-refractivity contribution is 5.81. The minimum absolute atomic E-state index is 0.0204. The highest BCUT2D eigenvalue weighted by Crippen LogP contribution is 2.29. The van der Waals surface area contributed by atoms with Crippen LogP contribution in [0.1, 0.15) is 26.7 Å². The van der Waals surface area contributed by atoms with E-state index in [1.807, 2.05) is 13.8 Å². The predicted molar refractivity (Wildman–Crippen MR) is 104 cm³/mol. The van der Waals surface area contributed by atoms with Crippen molar-refractivity contribution in [2.45, 2.75) is 39.3 Å². The van der Waals surface area contributed by atoms with E-state index in [-0.39, 0.29) is 17.5 Å². The van der Waals surface area contributed by atoms with Crippen molar-refractivity contribution in [2.75, 3.05) is 27.3 Å². The van der Waals surface area contributed by atoms with Crippen molar-refractivity contribution in [3.05, 3.63) is 28.8 Å². The molecule has 0 fully saturated rings. The predicted octanol–water partition coefficient (Wildman–Crippen LogP) is 1.31. The molecule has 0 unspecified atom stereocenters. The van der Waals surface area contributed by atoms with Crippen molar-refractivity contribution in [3.8, 4) is 11.5 Å². The summed E-state index contributed by atoms with van der Waals surface area (Å²) in [5.41, 5.74) is 0.381. The molecular formula is C19H28N4O4. The minimum Gasteiger partial charge on any atom is -0.493 e. The number of rotatable bonds is 10. The molecule has 1 amide bonds. The number of hydrogen-bond acceptors (Lipinski definition) is 6. The molecule has 0 aliphatic heterocycles. The molecule has 0 aliphatic carbocycles. The van der Waals surface area contributed by atoms with Crippen LogP contribution in [-0.2, 0) is 11.3 Å². The second-order valence-corrected chi connectivity index (χ2v) is 6.33. The average Bonchev–Trinajstić information content (AvgIpc) is 2.67. The second kappa shape index (κ2) is 9.91. The van der Waals surface area contributed by atoms with Gasteiger partial charge in [0, 0.05) is 31.6 Å². The van der Waals surface area contributed by atoms with Crippen molar-refractivity contribution in [2.24, 2.45) is 0 Å². The zero-order valence-corrected chi connectivity index (χ0v) is 16.4. The molecule has 0 radical (unpaired) electrons. The van der Waals surface area contributed by atoms with E-state index in [0.717, 1.165) is 6.54 Å². The van der Waals surface area contributed by atoms with Gasteiger partial charge in [0.25, 0.3) is 5.56 Å². The Hall–Kier alpha value is -2.61. The molecule has 2 N–H and O–H groups in total. The first kappa shape index (κ1) is 20.7. The van der Waals surface area contributed by atoms with Gasteiger partial charge in [-0.3, -0.25) is 14.2 Å². The van der Waals surface area contributed by atoms with Gasteiger partial charge in [-0.05, 0) is 26.0 Å². The number of hydrogen-bond donors (Lipinski definition) is 2. The summed E-state index contributed by atoms with van der Waals surface area (Å²) in [6, 6.07) is 3.55. The van der Waals surface area contributed by atoms with Crippen molar-refractivity contribution < 1.29 is 14.3 Å². The lowest BCUT2D eigenvalue weighted by Gasteiger charge is -2.13. The number of amides is 1. The van der Waals surface area contributed by atoms with Gasteiger partial charge in [0.15, 0.2) is 11.5 Å². The maximum Gasteiger partial charge on any atom is 0.261 e. The molecule has 1 heterocycles. The van der Waals surface area contributed by atoms with E-state index in [4.69, 9.17) is 9.47 Å². The van der Waals surface area contributed by atoms with Crippen LogP contribution in [0.4, 0.5) is 0 Å². The molecule has 1 aromatic carbocycles. The molecule has 0 aliphatic rings. The Morgan fingerprint density at radius 3 is 2.63 bits per heavy atom. The zero-order valence-electron chi connectivity index (χ0n) is 16.4. The monoisotopic (exact) mass is 376 g/mol. The fraction of sp³-hybridized carbons (Fsp3) is 0.526. The lowest BCUT2D eigenvalue weighted by atomic mass is 10.2. The number of fused-ring (bicyclic) bond motifs is 1. The molecule has 0 saturated carbocycles. The maximum atomic E-state index is 12.7. The van der Waals surface area contributed by atoms with Crippen LogP contribution >= 0.6 is 0 Å². The van der Waals surface area contributed by atoms with Gasteiger partial charge in [-0.25, -0.2) is 4.98 Å². The number of nitrogens with zero attached hydrogens (tertiary/aromatic N) is 2. The van der Waals surface area contributed by atoms with E-state index in [1.54, 1.807) is 12.1 Å². The number of carbonyl (C=O) groups excluding carboxylic acids is 1. The molecule has 148 valence electrons. The average molecular weight is 376 g/mol. The molecule has 2 aromatic rings. The van der Waals surface area contributed by atoms with Gasteiger partial charge in [0.2, 0.25) is 5.91 Å². The number of aryl methyl sites for hydroxylation is 1. The van der Waals surface area contributed by atoms with E-state index in [0.29, 0.717) is 48.3 Å². The van der Waals surface area contributed by atoms with Crippen molar-refractivity contribution in [1.29, 1.82) is 0 Å². The summed E-state index contributed by atoms with van der Waals surface area (Å²) in [4.78, 5) is 28.9. The standard InChI is InChI=1S/C19H28N4O4/c1-5-20-13(2)11-21-18(24)7-6-8-23-12-22-15-10-17(27-4)16(26-3)9-14(15)19(23)25/h9-10,12-13,20H,5-8,11H2,1-4H3,(H,21,24)/t13-/m1/s1. The molecule has 0 bridgehead atoms. The van der Waals surface area contributed by atoms with Crippen LogP contribution in [-0.4, -0.2) is 48.8 Å². The molecule has 2 rings (SSSR count). The first-order chi connectivity index (χ1) is 13.0. The Labute approximate surface area is 158 Å². The third-order valence-electron chi connectivity index (χ3n) is 4.29. The molecule has 27 heavy (non-hydrogen) atoms. The summed E-state index contributed by atoms with van der Waals surface area (Å²) in [6.07, 6.45) is 2.42. The van der Waals surface area contributed by atoms with Gasteiger partial charge in [-0.15, -0.1) is 0 Å². The van der Waals surface area contributed by atoms with Gasteiger partial charge in [-0.2, -0.15) is 0 Å². The molecule has 8 heteroatoms. The fourth-order valence-electron chi connectivity index (χ4n) is 2.83. The molecule has 1 aromatic heterocycles. The lowest BCUT2D eigenvalue weighted by molar-refractivity contribution is -0.121. The van der Waals surface area contributed by atoms with E-state index < -0.39 is 0 Å². The SMILES string of the molecule is CCN[C@H](C)CNC(=O)CCCn1cnc2cc(OC)c(OC)cc2c1=O. The summed E-state index contributed by atoms with van der Waals surface area (Å²) < 4.78 is 12.0. The van der Waals surface area contributed by atoms with Crippen LogP contribution in [0.5, 0.6) is 11.5 Å². The number of ether oxygens (including phenoxy) is 2. The largest absolute Gasteiger partial charge is 0.493 e. The Bertz CT molecular complexity index is 834. The number of carbonyl (C=O) groups is 1. The van der Waals surface area contributed by atoms with Crippen molar-refractivity contribution >= 4 is 16.8 Å². The molecule has 0 saturated heterocycles. The zero-order chi connectivity index (χ0) is 19.8. The number of likely N-dealkylation sites (N-methyl/N-ethyl adjacent to an activating group) is 1. The van der Waals surface area contributed by atoms with E-state index >= 15 is 0 Å². The highest BCUT2D eigenvalue weighted by atomic mass is 16.5. The summed E-state index contributed by atoms with van der Waals surface area (Å²) in [5.74, 6) is 0.988. The fourth-order valence-corrected chi connectivity index (χ4v) is 2.83. The Morgan fingerprint density at radius 2 is 1.96 bits per heavy atom. The van der Waals surface area contributed by atoms with E-state index in [2.05, 4.69) is 15.6 Å². The third kappa shape index (κ3) is 5.43. The number of methoxy groups -OCH3 is 2. The van der Waals surface area contributed by atoms with Crippen molar-refractivity contribution in [1.82, 2.24) is 20.2 Å². The van der Waals surface area contributed by atoms with Crippen LogP contribution in [0.15, 0.2) is 23.3 Å². The van der Waals surface area contributed by atoms with Gasteiger partial charge >= 0.3 is 0 Å². The minimum atomic E-state index is -0.165. The maximum absolute atomic E-state index is 12.7. The number of benzene rings is 1. The first-order valence-corrected chi connectivity index (χ1v) is 9.11. The van der Waals surface area contributed by atoms with Crippen molar-refractivity contribution in [3.63, 3.8) is 0 Å². The normalized spacial score (nSPS) is 12.0. The molecule has 8 nitrogen and oxygen atoms in total. The lowest BCUT2D eigenvalue weighted by Crippen LogP contribution is -2.38. The summed E-state index contributed by atoms with van der Waals surface area (Å²) in [7, 11) is 3.06. The topological polar surface area (TPSA) is 94.5 Å². The third-order valence-corrected chi connectivity index (χ3v) is 4.29. The van der Waals surface area contributed by atoms with Gasteiger partial charge < -0.3 is 20.1 Å². The second-order valence-electron chi connectivity index (χ2n) is 6.33. The summed E-state index contributed by atoms with van der Waals surface area (Å²) >= 11 is 0. The number of aromatic nitrogens is 2. The highest BCUT2D eigenvalue weighted by Gasteiger charge is 2.11. The Morgan fingerprint density at radius 1 is 1.26 bits per heavy atom. The Kier molecular flexibility index (Phi) is 7.60. The van der Waals surface area contributed by atoms with Crippen LogP contribution < -0.4 is 25.7 Å².